The van der Waals surface area contributed by atoms with Crippen LogP contribution >= 0.6 is 0 Å². The van der Waals surface area contributed by atoms with Crippen LogP contribution in [0.4, 0.5) is 0 Å². The van der Waals surface area contributed by atoms with Crippen LogP contribution in [0.3, 0.4) is 0 Å². The van der Waals surface area contributed by atoms with Gasteiger partial charge in [-0.25, -0.2) is 0 Å². The average Bonchev–Trinajstić information content (AvgIpc) is 3.61. The summed E-state index contributed by atoms with van der Waals surface area (Å²) in [6.07, 6.45) is 50.3. The van der Waals surface area contributed by atoms with Gasteiger partial charge in [0.2, 0.25) is 0 Å². The maximum Gasteiger partial charge on any atom is 0.0710 e. The lowest BCUT2D eigenvalue weighted by atomic mass is 9.66. The van der Waals surface area contributed by atoms with Crippen molar-refractivity contribution < 1.29 is 0 Å². The zero-order valence-electron chi connectivity index (χ0n) is 41.9. The number of hydrogen-bond donors (Lipinski definition) is 0. The fourth-order valence-electron chi connectivity index (χ4n) is 11.5. The first-order valence-electron chi connectivity index (χ1n) is 25.3. The molecule has 4 unspecified atom stereocenters. The summed E-state index contributed by atoms with van der Waals surface area (Å²) in [5, 5.41) is 0. The number of fused-ring (bicyclic) bond motifs is 6. The van der Waals surface area contributed by atoms with E-state index in [2.05, 4.69) is 260 Å². The molecule has 70 heavy (non-hydrogen) atoms. The molecule has 6 aliphatic rings. The zero-order valence-corrected chi connectivity index (χ0v) is 41.9. The highest BCUT2D eigenvalue weighted by Gasteiger charge is 2.47. The molecule has 0 bridgehead atoms. The van der Waals surface area contributed by atoms with Gasteiger partial charge in [0.15, 0.2) is 0 Å². The van der Waals surface area contributed by atoms with E-state index >= 15 is 0 Å². The molecule has 0 saturated carbocycles. The topological polar surface area (TPSA) is 0 Å². The summed E-state index contributed by atoms with van der Waals surface area (Å²) < 4.78 is 0. The minimum atomic E-state index is -0.373. The Kier molecular flexibility index (Phi) is 14.1. The molecule has 0 nitrogen and oxygen atoms in total. The standard InChI is InChI=1S/C45H38.C23H26.C2H2/c1-33-23-25-36(26-24-33)38-27-29-41-42-31-37(34(2)15-13-14-18-35-16-7-3-4-8-17-35)28-30-43(42)45(44(41)32-38,39-19-9-5-10-20-39)40-21-11-6-12-22-40;1-15-9-11-21-19(13-15)20-14-17(10-12-22(20)23(21,3)4)18-8-6-5-7-16(18)2;1-2/h3-5,7,9-11,13-17,19-32H,6,12,18H2,1-2H3;5-8,10-16,18H,9H2,1-4H3;1-2H/b14-13-,34-15+;;. The van der Waals surface area contributed by atoms with Gasteiger partial charge in [0, 0.05) is 11.3 Å². The first-order chi connectivity index (χ1) is 34.1. The second kappa shape index (κ2) is 20.7. The Balaban J connectivity index is 0.000000203. The van der Waals surface area contributed by atoms with Crippen LogP contribution in [0, 0.1) is 31.6 Å². The molecule has 0 heterocycles. The van der Waals surface area contributed by atoms with E-state index in [9.17, 15) is 0 Å². The number of aryl methyl sites for hydroxylation is 1. The lowest BCUT2D eigenvalue weighted by molar-refractivity contribution is 0.630. The van der Waals surface area contributed by atoms with Crippen molar-refractivity contribution in [3.63, 3.8) is 0 Å². The van der Waals surface area contributed by atoms with Crippen molar-refractivity contribution in [2.24, 2.45) is 11.8 Å². The Hall–Kier alpha value is -7.42. The fourth-order valence-corrected chi connectivity index (χ4v) is 11.5. The minimum Gasteiger partial charge on any atom is -0.124 e. The van der Waals surface area contributed by atoms with E-state index in [1.807, 2.05) is 12.2 Å². The highest BCUT2D eigenvalue weighted by atomic mass is 14.5. The van der Waals surface area contributed by atoms with Crippen molar-refractivity contribution >= 4 is 11.1 Å². The van der Waals surface area contributed by atoms with Crippen molar-refractivity contribution in [1.29, 1.82) is 0 Å². The van der Waals surface area contributed by atoms with Gasteiger partial charge in [-0.1, -0.05) is 221 Å². The van der Waals surface area contributed by atoms with Gasteiger partial charge >= 0.3 is 0 Å². The van der Waals surface area contributed by atoms with Gasteiger partial charge < -0.3 is 0 Å². The maximum atomic E-state index is 4.00. The number of hydrogen-bond acceptors (Lipinski definition) is 0. The van der Waals surface area contributed by atoms with Gasteiger partial charge in [0.25, 0.3) is 0 Å². The van der Waals surface area contributed by atoms with Crippen molar-refractivity contribution in [3.05, 3.63) is 279 Å². The van der Waals surface area contributed by atoms with E-state index in [0.717, 1.165) is 19.3 Å². The highest BCUT2D eigenvalue weighted by Crippen LogP contribution is 2.58. The summed E-state index contributed by atoms with van der Waals surface area (Å²) in [6, 6.07) is 41.5. The Morgan fingerprint density at radius 3 is 2.31 bits per heavy atom. The molecule has 0 amide bonds. The van der Waals surface area contributed by atoms with Gasteiger partial charge in [0.05, 0.1) is 5.41 Å². The summed E-state index contributed by atoms with van der Waals surface area (Å²) in [4.78, 5) is 0. The van der Waals surface area contributed by atoms with E-state index < -0.39 is 0 Å². The molecule has 0 heteroatoms. The summed E-state index contributed by atoms with van der Waals surface area (Å²) in [6.45, 7) is 13.8. The Bertz CT molecular complexity index is 3200. The van der Waals surface area contributed by atoms with Crippen molar-refractivity contribution in [3.8, 4) is 35.1 Å². The second-order valence-corrected chi connectivity index (χ2v) is 20.2. The molecule has 11 rings (SSSR count). The van der Waals surface area contributed by atoms with Crippen LogP contribution in [-0.2, 0) is 10.8 Å². The van der Waals surface area contributed by atoms with Crippen LogP contribution in [0.1, 0.15) is 111 Å². The third-order valence-corrected chi connectivity index (χ3v) is 15.2. The number of terminal acetylenes is 1. The molecule has 5 aromatic rings. The number of rotatable bonds is 8. The molecule has 6 aliphatic carbocycles. The number of allylic oxidation sites excluding steroid dienone is 21. The molecule has 0 N–H and O–H groups in total. The summed E-state index contributed by atoms with van der Waals surface area (Å²) in [7, 11) is 0. The highest BCUT2D eigenvalue weighted by molar-refractivity contribution is 5.92. The Labute approximate surface area is 419 Å². The first kappa shape index (κ1) is 47.6. The Morgan fingerprint density at radius 1 is 0.743 bits per heavy atom. The summed E-state index contributed by atoms with van der Waals surface area (Å²) in [5.41, 5.74) is 26.0. The third kappa shape index (κ3) is 9.12. The molecule has 346 valence electrons. The largest absolute Gasteiger partial charge is 0.124 e. The SMILES string of the molecule is C#C.C/C(=C\C=C/CC1=CC=CC=C=C1)c1ccc2c(c1)-c1ccc(-c3ccc(C)cc3)cc1C2(C1=CCCC=C1)c1ccccc1.CC1C=C2C(=CC1)C(C)(C)c1ccc(C3C=CC=CC3C)cc12. The van der Waals surface area contributed by atoms with Crippen molar-refractivity contribution in [2.75, 3.05) is 0 Å². The van der Waals surface area contributed by atoms with Crippen LogP contribution in [0.25, 0.3) is 33.4 Å². The van der Waals surface area contributed by atoms with Gasteiger partial charge in [0.1, 0.15) is 0 Å². The molecule has 0 saturated heterocycles. The zero-order chi connectivity index (χ0) is 48.8. The van der Waals surface area contributed by atoms with Crippen LogP contribution in [-0.4, -0.2) is 0 Å². The molecule has 4 atom stereocenters. The summed E-state index contributed by atoms with van der Waals surface area (Å²) >= 11 is 0. The molecule has 0 fully saturated rings. The van der Waals surface area contributed by atoms with E-state index in [0.29, 0.717) is 17.8 Å². The van der Waals surface area contributed by atoms with Gasteiger partial charge in [-0.05, 0) is 165 Å². The molecule has 0 radical (unpaired) electrons. The fraction of sp³-hybridized carbons (Fsp3) is 0.214. The maximum absolute atomic E-state index is 4.00. The molecule has 0 aliphatic heterocycles. The van der Waals surface area contributed by atoms with Gasteiger partial charge in [-0.15, -0.1) is 18.6 Å². The van der Waals surface area contributed by atoms with E-state index in [1.54, 1.807) is 0 Å². The molecule has 5 aromatic carbocycles. The monoisotopic (exact) mass is 907 g/mol. The molecule has 0 spiro atoms. The van der Waals surface area contributed by atoms with E-state index in [1.165, 1.54) is 101 Å². The van der Waals surface area contributed by atoms with Crippen LogP contribution in [0.15, 0.2) is 235 Å². The predicted molar refractivity (Wildman–Crippen MR) is 302 cm³/mol. The number of benzene rings is 5. The normalized spacial score (nSPS) is 21.9. The first-order valence-corrected chi connectivity index (χ1v) is 25.3. The van der Waals surface area contributed by atoms with E-state index in [-0.39, 0.29) is 10.8 Å². The molecular weight excluding hydrogens is 841 g/mol. The molecular formula is C70H66. The van der Waals surface area contributed by atoms with Crippen LogP contribution in [0.5, 0.6) is 0 Å². The van der Waals surface area contributed by atoms with Crippen LogP contribution < -0.4 is 0 Å². The predicted octanol–water partition coefficient (Wildman–Crippen LogP) is 18.2. The lowest BCUT2D eigenvalue weighted by Gasteiger charge is -2.36. The van der Waals surface area contributed by atoms with Crippen LogP contribution in [0.2, 0.25) is 0 Å². The second-order valence-electron chi connectivity index (χ2n) is 20.2. The van der Waals surface area contributed by atoms with E-state index in [4.69, 9.17) is 0 Å². The Morgan fingerprint density at radius 2 is 1.53 bits per heavy atom. The quantitative estimate of drug-likeness (QED) is 0.0827. The third-order valence-electron chi connectivity index (χ3n) is 15.2. The van der Waals surface area contributed by atoms with Crippen molar-refractivity contribution in [1.82, 2.24) is 0 Å². The van der Waals surface area contributed by atoms with Gasteiger partial charge in [-0.3, -0.25) is 0 Å². The smallest absolute Gasteiger partial charge is 0.0710 e. The van der Waals surface area contributed by atoms with Crippen molar-refractivity contribution in [2.45, 2.75) is 84.0 Å². The average molecular weight is 907 g/mol. The lowest BCUT2D eigenvalue weighted by Crippen LogP contribution is -2.29. The molecule has 0 aromatic heterocycles. The summed E-state index contributed by atoms with van der Waals surface area (Å²) in [5.74, 6) is 1.72. The van der Waals surface area contributed by atoms with Gasteiger partial charge in [-0.2, -0.15) is 0 Å². The minimum absolute atomic E-state index is 0.147.